The molecule has 38 heavy (non-hydrogen) atoms. The summed E-state index contributed by atoms with van der Waals surface area (Å²) in [6.45, 7) is 7.48. The van der Waals surface area contributed by atoms with E-state index in [2.05, 4.69) is 56.7 Å². The van der Waals surface area contributed by atoms with Gasteiger partial charge in [-0.15, -0.1) is 0 Å². The van der Waals surface area contributed by atoms with Crippen LogP contribution in [0.1, 0.15) is 50.2 Å². The molecule has 3 aromatic rings. The SMILES string of the molecule is Cc1cc(Nc2ncc(Cl)c(Nc3cn(C)nc3S(=O)(=O)C(C)C)n2)c(OC2CC2)cc1C1CCN(C)C1. The number of nitrogens with zero attached hydrogens (tertiary/aromatic N) is 5. The average Bonchev–Trinajstić information content (AvgIpc) is 3.44. The van der Waals surface area contributed by atoms with Crippen molar-refractivity contribution in [2.75, 3.05) is 30.8 Å². The number of likely N-dealkylation sites (N-methyl/N-ethyl adjacent to an activating group) is 1. The van der Waals surface area contributed by atoms with Crippen LogP contribution in [0.25, 0.3) is 0 Å². The number of hydrogen-bond acceptors (Lipinski definition) is 9. The van der Waals surface area contributed by atoms with E-state index in [0.29, 0.717) is 17.6 Å². The van der Waals surface area contributed by atoms with Crippen LogP contribution in [0.3, 0.4) is 0 Å². The Kier molecular flexibility index (Phi) is 7.27. The summed E-state index contributed by atoms with van der Waals surface area (Å²) in [5.74, 6) is 1.84. The van der Waals surface area contributed by atoms with E-state index in [9.17, 15) is 8.42 Å². The second-order valence-corrected chi connectivity index (χ2v) is 13.4. The zero-order chi connectivity index (χ0) is 27.2. The van der Waals surface area contributed by atoms with E-state index in [1.165, 1.54) is 22.0 Å². The number of halogens is 1. The molecule has 1 aromatic carbocycles. The van der Waals surface area contributed by atoms with Gasteiger partial charge in [-0.3, -0.25) is 4.68 Å². The van der Waals surface area contributed by atoms with Gasteiger partial charge in [0, 0.05) is 19.8 Å². The molecule has 2 aliphatic rings. The van der Waals surface area contributed by atoms with Gasteiger partial charge in [-0.2, -0.15) is 10.1 Å². The lowest BCUT2D eigenvalue weighted by molar-refractivity contribution is 0.304. The van der Waals surface area contributed by atoms with Crippen molar-refractivity contribution in [1.29, 1.82) is 0 Å². The first kappa shape index (κ1) is 26.7. The van der Waals surface area contributed by atoms with Crippen LogP contribution in [0.4, 0.5) is 23.1 Å². The van der Waals surface area contributed by atoms with Crippen molar-refractivity contribution in [2.45, 2.75) is 62.3 Å². The molecule has 12 heteroatoms. The quantitative estimate of drug-likeness (QED) is 0.381. The normalized spacial score (nSPS) is 18.2. The minimum atomic E-state index is -3.63. The number of likely N-dealkylation sites (tertiary alicyclic amines) is 1. The highest BCUT2D eigenvalue weighted by Crippen LogP contribution is 2.39. The molecule has 3 heterocycles. The average molecular weight is 560 g/mol. The lowest BCUT2D eigenvalue weighted by Gasteiger charge is -2.19. The van der Waals surface area contributed by atoms with Crippen LogP contribution in [-0.2, 0) is 16.9 Å². The fraction of sp³-hybridized carbons (Fsp3) is 0.500. The maximum Gasteiger partial charge on any atom is 0.229 e. The van der Waals surface area contributed by atoms with Gasteiger partial charge in [0.15, 0.2) is 5.82 Å². The molecule has 10 nitrogen and oxygen atoms in total. The summed E-state index contributed by atoms with van der Waals surface area (Å²) in [5, 5.41) is 10.1. The van der Waals surface area contributed by atoms with Crippen LogP contribution in [0.15, 0.2) is 29.6 Å². The predicted molar refractivity (Wildman–Crippen MR) is 149 cm³/mol. The minimum absolute atomic E-state index is 0.0527. The Labute approximate surface area is 228 Å². The second-order valence-electron chi connectivity index (χ2n) is 10.5. The van der Waals surface area contributed by atoms with Gasteiger partial charge in [-0.1, -0.05) is 11.6 Å². The topological polar surface area (TPSA) is 114 Å². The van der Waals surface area contributed by atoms with Crippen molar-refractivity contribution < 1.29 is 13.2 Å². The number of aromatic nitrogens is 4. The molecule has 0 radical (unpaired) electrons. The molecule has 2 fully saturated rings. The van der Waals surface area contributed by atoms with E-state index >= 15 is 0 Å². The molecular weight excluding hydrogens is 526 g/mol. The number of anilines is 4. The number of benzene rings is 1. The Morgan fingerprint density at radius 2 is 1.89 bits per heavy atom. The molecule has 5 rings (SSSR count). The fourth-order valence-corrected chi connectivity index (χ4v) is 5.88. The van der Waals surface area contributed by atoms with Gasteiger partial charge in [0.1, 0.15) is 10.8 Å². The minimum Gasteiger partial charge on any atom is -0.488 e. The van der Waals surface area contributed by atoms with E-state index < -0.39 is 15.1 Å². The Balaban J connectivity index is 1.44. The molecule has 0 bridgehead atoms. The van der Waals surface area contributed by atoms with Gasteiger partial charge in [-0.25, -0.2) is 13.4 Å². The van der Waals surface area contributed by atoms with Crippen LogP contribution >= 0.6 is 11.6 Å². The van der Waals surface area contributed by atoms with Crippen LogP contribution in [-0.4, -0.2) is 64.6 Å². The summed E-state index contributed by atoms with van der Waals surface area (Å²) in [6.07, 6.45) is 6.52. The number of sulfone groups is 1. The second kappa shape index (κ2) is 10.3. The summed E-state index contributed by atoms with van der Waals surface area (Å²) in [6, 6.07) is 4.25. The van der Waals surface area contributed by atoms with E-state index in [4.69, 9.17) is 16.3 Å². The van der Waals surface area contributed by atoms with Crippen LogP contribution < -0.4 is 15.4 Å². The Bertz CT molecular complexity index is 1450. The third kappa shape index (κ3) is 5.60. The van der Waals surface area contributed by atoms with Gasteiger partial charge in [0.05, 0.1) is 28.9 Å². The van der Waals surface area contributed by atoms with Crippen LogP contribution in [0.5, 0.6) is 5.75 Å². The Hall–Kier alpha value is -2.89. The van der Waals surface area contributed by atoms with Gasteiger partial charge < -0.3 is 20.3 Å². The molecule has 1 aliphatic carbocycles. The molecule has 1 aliphatic heterocycles. The molecule has 204 valence electrons. The smallest absolute Gasteiger partial charge is 0.229 e. The third-order valence-corrected chi connectivity index (χ3v) is 9.30. The summed E-state index contributed by atoms with van der Waals surface area (Å²) in [4.78, 5) is 11.3. The van der Waals surface area contributed by atoms with E-state index in [0.717, 1.165) is 43.8 Å². The molecule has 1 saturated heterocycles. The van der Waals surface area contributed by atoms with Crippen molar-refractivity contribution in [1.82, 2.24) is 24.6 Å². The van der Waals surface area contributed by atoms with Gasteiger partial charge in [0.25, 0.3) is 0 Å². The van der Waals surface area contributed by atoms with Crippen molar-refractivity contribution in [3.63, 3.8) is 0 Å². The Morgan fingerprint density at radius 1 is 1.13 bits per heavy atom. The lowest BCUT2D eigenvalue weighted by atomic mass is 9.93. The zero-order valence-electron chi connectivity index (χ0n) is 22.3. The number of nitrogens with one attached hydrogen (secondary N) is 2. The molecular formula is C26H34ClN7O3S. The highest BCUT2D eigenvalue weighted by Gasteiger charge is 2.29. The first-order valence-electron chi connectivity index (χ1n) is 12.8. The van der Waals surface area contributed by atoms with Crippen LogP contribution in [0, 0.1) is 6.92 Å². The van der Waals surface area contributed by atoms with Crippen molar-refractivity contribution in [3.05, 3.63) is 40.7 Å². The largest absolute Gasteiger partial charge is 0.488 e. The highest BCUT2D eigenvalue weighted by molar-refractivity contribution is 7.92. The first-order valence-corrected chi connectivity index (χ1v) is 14.8. The monoisotopic (exact) mass is 559 g/mol. The van der Waals surface area contributed by atoms with E-state index in [1.807, 2.05) is 0 Å². The lowest BCUT2D eigenvalue weighted by Crippen LogP contribution is -2.16. The number of hydrogen-bond donors (Lipinski definition) is 2. The van der Waals surface area contributed by atoms with Crippen molar-refractivity contribution in [2.24, 2.45) is 7.05 Å². The van der Waals surface area contributed by atoms with Crippen molar-refractivity contribution in [3.8, 4) is 5.75 Å². The number of aryl methyl sites for hydroxylation is 2. The third-order valence-electron chi connectivity index (χ3n) is 6.95. The molecule has 1 unspecified atom stereocenters. The first-order chi connectivity index (χ1) is 18.0. The van der Waals surface area contributed by atoms with Crippen LogP contribution in [0.2, 0.25) is 5.02 Å². The summed E-state index contributed by atoms with van der Waals surface area (Å²) in [7, 11) is 0.193. The van der Waals surface area contributed by atoms with E-state index in [-0.39, 0.29) is 22.0 Å². The molecule has 1 atom stereocenters. The fourth-order valence-electron chi connectivity index (χ4n) is 4.64. The number of ether oxygens (including phenoxy) is 1. The number of rotatable bonds is 9. The molecule has 1 saturated carbocycles. The van der Waals surface area contributed by atoms with Gasteiger partial charge in [-0.05, 0) is 82.8 Å². The van der Waals surface area contributed by atoms with Gasteiger partial charge >= 0.3 is 0 Å². The van der Waals surface area contributed by atoms with Crippen molar-refractivity contribution >= 4 is 44.6 Å². The molecule has 0 spiro atoms. The van der Waals surface area contributed by atoms with Gasteiger partial charge in [0.2, 0.25) is 20.8 Å². The molecule has 2 N–H and O–H groups in total. The molecule has 2 aromatic heterocycles. The summed E-state index contributed by atoms with van der Waals surface area (Å²) in [5.41, 5.74) is 3.57. The predicted octanol–water partition coefficient (Wildman–Crippen LogP) is 4.80. The summed E-state index contributed by atoms with van der Waals surface area (Å²) >= 11 is 6.40. The zero-order valence-corrected chi connectivity index (χ0v) is 23.9. The highest BCUT2D eigenvalue weighted by atomic mass is 35.5. The standard InChI is InChI=1S/C26H34ClN7O3S/c1-15(2)38(35,36)25-22(14-34(5)32-25)29-24-20(27)12-28-26(31-24)30-21-10-16(3)19(17-8-9-33(4)13-17)11-23(21)37-18-6-7-18/h10-12,14-15,17-18H,6-9,13H2,1-5H3,(H2,28,29,30,31). The maximum absolute atomic E-state index is 12.8. The molecule has 0 amide bonds. The Morgan fingerprint density at radius 3 is 2.55 bits per heavy atom. The maximum atomic E-state index is 12.8. The summed E-state index contributed by atoms with van der Waals surface area (Å²) < 4.78 is 33.4. The van der Waals surface area contributed by atoms with E-state index in [1.54, 1.807) is 27.1 Å².